The van der Waals surface area contributed by atoms with Gasteiger partial charge in [0, 0.05) is 0 Å². The first-order valence-electron chi connectivity index (χ1n) is 5.15. The second kappa shape index (κ2) is 5.49. The van der Waals surface area contributed by atoms with Crippen molar-refractivity contribution in [2.24, 2.45) is 9.50 Å². The van der Waals surface area contributed by atoms with E-state index < -0.39 is 10.0 Å². The van der Waals surface area contributed by atoms with Gasteiger partial charge in [-0.2, -0.15) is 5.10 Å². The van der Waals surface area contributed by atoms with Gasteiger partial charge in [0.1, 0.15) is 0 Å². The van der Waals surface area contributed by atoms with Gasteiger partial charge in [0.15, 0.2) is 4.38 Å². The average Bonchev–Trinajstić information content (AvgIpc) is 2.67. The Hall–Kier alpha value is -0.740. The first-order valence-corrected chi connectivity index (χ1v) is 8.56. The Balaban J connectivity index is 1.93. The van der Waals surface area contributed by atoms with Crippen molar-refractivity contribution in [1.29, 1.82) is 0 Å². The molecule has 0 aromatic heterocycles. The van der Waals surface area contributed by atoms with Crippen LogP contribution in [0.4, 0.5) is 0 Å². The van der Waals surface area contributed by atoms with Crippen molar-refractivity contribution in [2.75, 3.05) is 24.7 Å². The Bertz CT molecular complexity index is 514. The van der Waals surface area contributed by atoms with E-state index in [2.05, 4.69) is 9.50 Å². The number of hydrogen-bond acceptors (Lipinski definition) is 8. The molecule has 7 nitrogen and oxygen atoms in total. The fourth-order valence-electron chi connectivity index (χ4n) is 1.25. The molecule has 0 aromatic rings. The fourth-order valence-corrected chi connectivity index (χ4v) is 4.22. The van der Waals surface area contributed by atoms with E-state index in [9.17, 15) is 13.2 Å². The topological polar surface area (TPSA) is 88.4 Å². The third kappa shape index (κ3) is 3.39. The second-order valence-electron chi connectivity index (χ2n) is 3.34. The molecule has 2 aliphatic heterocycles. The summed E-state index contributed by atoms with van der Waals surface area (Å²) in [6, 6.07) is 0. The van der Waals surface area contributed by atoms with Gasteiger partial charge < -0.3 is 4.74 Å². The molecule has 10 heteroatoms. The molecule has 0 saturated heterocycles. The van der Waals surface area contributed by atoms with Gasteiger partial charge in [-0.3, -0.25) is 4.79 Å². The highest BCUT2D eigenvalue weighted by atomic mass is 32.2. The number of thioether (sulfide) groups is 2. The van der Waals surface area contributed by atoms with Crippen molar-refractivity contribution in [2.45, 2.75) is 6.92 Å². The van der Waals surface area contributed by atoms with Gasteiger partial charge in [0.2, 0.25) is 5.17 Å². The van der Waals surface area contributed by atoms with Gasteiger partial charge in [-0.05, 0) is 18.7 Å². The molecule has 18 heavy (non-hydrogen) atoms. The Morgan fingerprint density at radius 3 is 3.11 bits per heavy atom. The monoisotopic (exact) mass is 309 g/mol. The van der Waals surface area contributed by atoms with E-state index >= 15 is 0 Å². The van der Waals surface area contributed by atoms with Crippen LogP contribution in [-0.4, -0.2) is 53.6 Å². The third-order valence-electron chi connectivity index (χ3n) is 2.00. The van der Waals surface area contributed by atoms with Crippen molar-refractivity contribution >= 4 is 49.1 Å². The van der Waals surface area contributed by atoms with Crippen LogP contribution in [0, 0.1) is 0 Å². The van der Waals surface area contributed by atoms with Gasteiger partial charge in [-0.25, -0.2) is 13.4 Å². The van der Waals surface area contributed by atoms with E-state index in [1.165, 1.54) is 11.8 Å². The average molecular weight is 309 g/mol. The highest BCUT2D eigenvalue weighted by Crippen LogP contribution is 2.30. The molecule has 0 unspecified atom stereocenters. The van der Waals surface area contributed by atoms with Crippen LogP contribution in [0.25, 0.3) is 0 Å². The van der Waals surface area contributed by atoms with E-state index in [1.807, 2.05) is 0 Å². The van der Waals surface area contributed by atoms with Gasteiger partial charge in [-0.15, -0.1) is 4.40 Å². The van der Waals surface area contributed by atoms with Crippen LogP contribution in [0.2, 0.25) is 0 Å². The van der Waals surface area contributed by atoms with E-state index in [0.717, 1.165) is 11.8 Å². The minimum absolute atomic E-state index is 0.0314. The summed E-state index contributed by atoms with van der Waals surface area (Å²) in [5.41, 5.74) is 0. The zero-order chi connectivity index (χ0) is 13.2. The molecular weight excluding hydrogens is 298 g/mol. The maximum atomic E-state index is 11.3. The lowest BCUT2D eigenvalue weighted by Crippen LogP contribution is -2.31. The first kappa shape index (κ1) is 13.7. The molecule has 2 heterocycles. The Morgan fingerprint density at radius 2 is 2.39 bits per heavy atom. The summed E-state index contributed by atoms with van der Waals surface area (Å²) in [5.74, 6) is -0.186. The molecule has 0 bridgehead atoms. The number of amidine groups is 1. The van der Waals surface area contributed by atoms with Crippen LogP contribution in [0.15, 0.2) is 9.50 Å². The summed E-state index contributed by atoms with van der Waals surface area (Å²) in [6.45, 7) is 2.39. The molecule has 0 aliphatic carbocycles. The number of carbonyl (C=O) groups is 1. The number of hydrazone groups is 1. The van der Waals surface area contributed by atoms with Crippen molar-refractivity contribution in [3.05, 3.63) is 0 Å². The molecule has 0 atom stereocenters. The normalized spacial score (nSPS) is 21.1. The molecule has 0 N–H and O–H groups in total. The summed E-state index contributed by atoms with van der Waals surface area (Å²) < 4.78 is 31.6. The van der Waals surface area contributed by atoms with Crippen molar-refractivity contribution in [1.82, 2.24) is 5.01 Å². The molecule has 0 aromatic carbocycles. The molecule has 0 radical (unpaired) electrons. The van der Waals surface area contributed by atoms with Gasteiger partial charge in [0.25, 0.3) is 10.0 Å². The Labute approximate surface area is 113 Å². The lowest BCUT2D eigenvalue weighted by Gasteiger charge is -2.16. The highest BCUT2D eigenvalue weighted by Gasteiger charge is 2.31. The highest BCUT2D eigenvalue weighted by molar-refractivity contribution is 8.45. The molecular formula is C8H11N3O4S3. The van der Waals surface area contributed by atoms with Gasteiger partial charge in [0.05, 0.1) is 24.7 Å². The maximum absolute atomic E-state index is 11.3. The van der Waals surface area contributed by atoms with Crippen molar-refractivity contribution < 1.29 is 17.9 Å². The molecule has 2 rings (SSSR count). The molecule has 0 fully saturated rings. The van der Waals surface area contributed by atoms with E-state index in [4.69, 9.17) is 4.74 Å². The summed E-state index contributed by atoms with van der Waals surface area (Å²) in [7, 11) is -3.35. The quantitative estimate of drug-likeness (QED) is 0.693. The number of sulfonamides is 1. The number of esters is 1. The minimum atomic E-state index is -3.35. The summed E-state index contributed by atoms with van der Waals surface area (Å²) in [5, 5.41) is 6.08. The number of hydrogen-bond donors (Lipinski definition) is 0. The largest absolute Gasteiger partial charge is 0.465 e. The Kier molecular flexibility index (Phi) is 4.17. The van der Waals surface area contributed by atoms with E-state index in [1.54, 1.807) is 11.9 Å². The van der Waals surface area contributed by atoms with Gasteiger partial charge in [-0.1, -0.05) is 11.8 Å². The number of ether oxygens (including phenoxy) is 1. The third-order valence-corrected chi connectivity index (χ3v) is 5.32. The molecule has 0 amide bonds. The standard InChI is InChI=1S/C8H11N3O4S3/c1-2-15-6(12)5-16-8-9-11-3-4-18(13,14)10-7(11)17-8/h2-5H2,1H3. The molecule has 2 aliphatic rings. The molecule has 100 valence electrons. The fraction of sp³-hybridized carbons (Fsp3) is 0.625. The number of rotatable bonds is 3. The van der Waals surface area contributed by atoms with Crippen LogP contribution in [-0.2, 0) is 19.6 Å². The van der Waals surface area contributed by atoms with Crippen LogP contribution < -0.4 is 0 Å². The van der Waals surface area contributed by atoms with E-state index in [0.29, 0.717) is 22.7 Å². The summed E-state index contributed by atoms with van der Waals surface area (Å²) >= 11 is 2.38. The van der Waals surface area contributed by atoms with Crippen LogP contribution >= 0.6 is 23.5 Å². The van der Waals surface area contributed by atoms with Crippen LogP contribution in [0.5, 0.6) is 0 Å². The SMILES string of the molecule is CCOC(=O)CSC1=NN2CCS(=O)(=O)N=C2S1. The van der Waals surface area contributed by atoms with Crippen LogP contribution in [0.3, 0.4) is 0 Å². The predicted octanol–water partition coefficient (Wildman–Crippen LogP) is 0.302. The maximum Gasteiger partial charge on any atom is 0.316 e. The zero-order valence-electron chi connectivity index (χ0n) is 9.53. The lowest BCUT2D eigenvalue weighted by atomic mass is 10.7. The number of carbonyl (C=O) groups excluding carboxylic acids is 1. The number of fused-ring (bicyclic) bond motifs is 1. The summed E-state index contributed by atoms with van der Waals surface area (Å²) in [4.78, 5) is 11.2. The van der Waals surface area contributed by atoms with E-state index in [-0.39, 0.29) is 17.5 Å². The smallest absolute Gasteiger partial charge is 0.316 e. The van der Waals surface area contributed by atoms with Crippen molar-refractivity contribution in [3.63, 3.8) is 0 Å². The van der Waals surface area contributed by atoms with Crippen LogP contribution in [0.1, 0.15) is 6.92 Å². The Morgan fingerprint density at radius 1 is 1.61 bits per heavy atom. The number of nitrogens with zero attached hydrogens (tertiary/aromatic N) is 3. The molecule has 0 spiro atoms. The second-order valence-corrected chi connectivity index (χ2v) is 7.28. The van der Waals surface area contributed by atoms with Crippen molar-refractivity contribution in [3.8, 4) is 0 Å². The van der Waals surface area contributed by atoms with Gasteiger partial charge >= 0.3 is 5.97 Å². The molecule has 0 saturated carbocycles. The predicted molar refractivity (Wildman–Crippen MR) is 72.0 cm³/mol. The first-order chi connectivity index (χ1) is 8.50. The lowest BCUT2D eigenvalue weighted by molar-refractivity contribution is -0.139. The minimum Gasteiger partial charge on any atom is -0.465 e. The zero-order valence-corrected chi connectivity index (χ0v) is 12.0. The summed E-state index contributed by atoms with van der Waals surface area (Å²) in [6.07, 6.45) is 0.